The van der Waals surface area contributed by atoms with Crippen LogP contribution >= 0.6 is 0 Å². The second-order valence-corrected chi connectivity index (χ2v) is 14.6. The van der Waals surface area contributed by atoms with Crippen molar-refractivity contribution < 1.29 is 28.6 Å². The van der Waals surface area contributed by atoms with Crippen LogP contribution in [0.4, 0.5) is 17.6 Å². The standard InChI is InChI=1S/C39H36F4N10O3.H2/c1-38(2,21-53-31(15-33(48-53)39(41,42)43)23-6-9-34(54)49(3)20-23)47-36(55)32(12-22-17-45-50(4)19-22)52-11-10-27-26(7-8-29(40)35(27)37(52)56)28-13-25-18-46-51(5)30(25)14-24(28)16-44;/h6-9,13-15,17-20,32H,10-12,21H2,1-5H3,(H,47,55);1H. The van der Waals surface area contributed by atoms with E-state index < -0.39 is 41.1 Å². The van der Waals surface area contributed by atoms with Gasteiger partial charge in [-0.2, -0.15) is 33.7 Å². The van der Waals surface area contributed by atoms with Gasteiger partial charge in [-0.1, -0.05) is 6.07 Å². The normalized spacial score (nSPS) is 13.9. The van der Waals surface area contributed by atoms with E-state index in [2.05, 4.69) is 26.7 Å². The molecule has 6 aromatic rings. The summed E-state index contributed by atoms with van der Waals surface area (Å²) < 4.78 is 63.1. The molecule has 2 amide bonds. The van der Waals surface area contributed by atoms with E-state index in [4.69, 9.17) is 0 Å². The number of halogens is 4. The van der Waals surface area contributed by atoms with Crippen molar-refractivity contribution in [3.63, 3.8) is 0 Å². The number of carbonyl (C=O) groups is 2. The minimum Gasteiger partial charge on any atom is -0.348 e. The topological polar surface area (TPSA) is 149 Å². The fourth-order valence-electron chi connectivity index (χ4n) is 7.28. The molecule has 2 aromatic carbocycles. The summed E-state index contributed by atoms with van der Waals surface area (Å²) in [5.41, 5.74) is 0.481. The summed E-state index contributed by atoms with van der Waals surface area (Å²) in [6.45, 7) is 3.00. The van der Waals surface area contributed by atoms with Crippen LogP contribution in [0.25, 0.3) is 33.3 Å². The second kappa shape index (κ2) is 13.9. The Morgan fingerprint density at radius 2 is 1.79 bits per heavy atom. The summed E-state index contributed by atoms with van der Waals surface area (Å²) in [4.78, 5) is 42.1. The molecule has 4 aromatic heterocycles. The average Bonchev–Trinajstić information content (AvgIpc) is 3.85. The highest BCUT2D eigenvalue weighted by Gasteiger charge is 2.40. The smallest absolute Gasteiger partial charge is 0.348 e. The summed E-state index contributed by atoms with van der Waals surface area (Å²) >= 11 is 0. The lowest BCUT2D eigenvalue weighted by molar-refractivity contribution is -0.141. The second-order valence-electron chi connectivity index (χ2n) is 14.6. The van der Waals surface area contributed by atoms with Gasteiger partial charge in [0, 0.05) is 70.5 Å². The fourth-order valence-corrected chi connectivity index (χ4v) is 7.28. The van der Waals surface area contributed by atoms with E-state index in [1.807, 2.05) is 0 Å². The van der Waals surface area contributed by atoms with E-state index in [1.54, 1.807) is 69.4 Å². The van der Waals surface area contributed by atoms with Crippen LogP contribution in [0.2, 0.25) is 0 Å². The number of nitrogens with one attached hydrogen (secondary N) is 1. The van der Waals surface area contributed by atoms with Gasteiger partial charge in [0.25, 0.3) is 5.91 Å². The van der Waals surface area contributed by atoms with Crippen molar-refractivity contribution in [2.24, 2.45) is 21.1 Å². The van der Waals surface area contributed by atoms with E-state index in [9.17, 15) is 32.8 Å². The van der Waals surface area contributed by atoms with E-state index in [1.165, 1.54) is 45.6 Å². The maximum atomic E-state index is 15.8. The zero-order chi connectivity index (χ0) is 40.3. The van der Waals surface area contributed by atoms with Gasteiger partial charge in [0.2, 0.25) is 11.5 Å². The monoisotopic (exact) mass is 770 g/mol. The number of hydrogen-bond donors (Lipinski definition) is 1. The van der Waals surface area contributed by atoms with Crippen LogP contribution in [0.1, 0.15) is 48.0 Å². The molecule has 0 radical (unpaired) electrons. The highest BCUT2D eigenvalue weighted by atomic mass is 19.4. The maximum absolute atomic E-state index is 15.8. The van der Waals surface area contributed by atoms with Crippen LogP contribution < -0.4 is 10.9 Å². The van der Waals surface area contributed by atoms with Gasteiger partial charge in [-0.3, -0.25) is 28.4 Å². The van der Waals surface area contributed by atoms with Crippen LogP contribution in [-0.4, -0.2) is 68.7 Å². The Bertz CT molecular complexity index is 2650. The Morgan fingerprint density at radius 3 is 2.46 bits per heavy atom. The van der Waals surface area contributed by atoms with Gasteiger partial charge in [-0.05, 0) is 67.3 Å². The minimum atomic E-state index is -4.77. The number of pyridine rings is 1. The molecule has 0 spiro atoms. The molecule has 1 atom stereocenters. The van der Waals surface area contributed by atoms with Crippen LogP contribution in [-0.2, 0) is 51.5 Å². The Morgan fingerprint density at radius 1 is 1.02 bits per heavy atom. The first kappa shape index (κ1) is 37.7. The number of nitrogens with zero attached hydrogens (tertiary/aromatic N) is 9. The highest BCUT2D eigenvalue weighted by molar-refractivity contribution is 6.02. The molecular formula is C39H38F4N10O3. The number of amides is 2. The first-order valence-corrected chi connectivity index (χ1v) is 17.5. The molecule has 290 valence electrons. The predicted molar refractivity (Wildman–Crippen MR) is 199 cm³/mol. The summed E-state index contributed by atoms with van der Waals surface area (Å²) in [5.74, 6) is -2.15. The summed E-state index contributed by atoms with van der Waals surface area (Å²) in [7, 11) is 4.92. The molecule has 0 fully saturated rings. The lowest BCUT2D eigenvalue weighted by Crippen LogP contribution is -2.58. The molecule has 0 saturated carbocycles. The van der Waals surface area contributed by atoms with E-state index in [0.717, 1.165) is 21.7 Å². The number of rotatable bonds is 9. The molecular weight excluding hydrogens is 732 g/mol. The maximum Gasteiger partial charge on any atom is 0.435 e. The molecule has 17 heteroatoms. The Balaban J connectivity index is 0.00000549. The van der Waals surface area contributed by atoms with Crippen molar-refractivity contribution in [3.8, 4) is 28.5 Å². The van der Waals surface area contributed by atoms with Gasteiger partial charge >= 0.3 is 6.18 Å². The number of hydrogen-bond acceptors (Lipinski definition) is 7. The molecule has 0 aliphatic carbocycles. The van der Waals surface area contributed by atoms with Crippen LogP contribution in [0.3, 0.4) is 0 Å². The van der Waals surface area contributed by atoms with Crippen LogP contribution in [0.5, 0.6) is 0 Å². The van der Waals surface area contributed by atoms with E-state index in [0.29, 0.717) is 33.4 Å². The van der Waals surface area contributed by atoms with Crippen molar-refractivity contribution in [1.29, 1.82) is 5.26 Å². The molecule has 1 aliphatic heterocycles. The van der Waals surface area contributed by atoms with Gasteiger partial charge in [0.05, 0.1) is 52.9 Å². The van der Waals surface area contributed by atoms with E-state index >= 15 is 4.39 Å². The lowest BCUT2D eigenvalue weighted by Gasteiger charge is -2.37. The van der Waals surface area contributed by atoms with Crippen molar-refractivity contribution in [1.82, 2.24) is 44.1 Å². The van der Waals surface area contributed by atoms with Gasteiger partial charge in [-0.25, -0.2) is 4.39 Å². The zero-order valence-corrected chi connectivity index (χ0v) is 31.0. The summed E-state index contributed by atoms with van der Waals surface area (Å²) in [5, 5.41) is 26.0. The van der Waals surface area contributed by atoms with Crippen molar-refractivity contribution in [3.05, 3.63) is 111 Å². The fraction of sp³-hybridized carbons (Fsp3) is 0.308. The van der Waals surface area contributed by atoms with Gasteiger partial charge in [0.1, 0.15) is 11.9 Å². The third kappa shape index (κ3) is 7.05. The molecule has 56 heavy (non-hydrogen) atoms. The van der Waals surface area contributed by atoms with Gasteiger partial charge < -0.3 is 14.8 Å². The van der Waals surface area contributed by atoms with E-state index in [-0.39, 0.29) is 44.2 Å². The SMILES string of the molecule is Cn1cc(CC(C(=O)NC(C)(C)Cn2nc(C(F)(F)F)cc2-c2ccc(=O)n(C)c2)N2CCc3c(-c4cc5cnn(C)c5cc4C#N)ccc(F)c3C2=O)cn1.[HH]. The van der Waals surface area contributed by atoms with Crippen LogP contribution in [0, 0.1) is 17.1 Å². The van der Waals surface area contributed by atoms with Gasteiger partial charge in [-0.15, -0.1) is 0 Å². The molecule has 5 heterocycles. The Hall–Kier alpha value is -6.57. The van der Waals surface area contributed by atoms with Gasteiger partial charge in [0.15, 0.2) is 5.69 Å². The third-order valence-electron chi connectivity index (χ3n) is 9.96. The number of aromatic nitrogens is 7. The first-order chi connectivity index (χ1) is 26.4. The number of alkyl halides is 3. The van der Waals surface area contributed by atoms with Crippen molar-refractivity contribution >= 4 is 22.7 Å². The predicted octanol–water partition coefficient (Wildman–Crippen LogP) is 5.02. The number of fused-ring (bicyclic) bond motifs is 2. The first-order valence-electron chi connectivity index (χ1n) is 17.5. The molecule has 1 unspecified atom stereocenters. The third-order valence-corrected chi connectivity index (χ3v) is 9.96. The molecule has 13 nitrogen and oxygen atoms in total. The number of aryl methyl sites for hydroxylation is 3. The minimum absolute atomic E-state index is 0. The molecule has 1 aliphatic rings. The Kier molecular flexibility index (Phi) is 9.39. The summed E-state index contributed by atoms with van der Waals surface area (Å²) in [6.07, 6.45) is 1.66. The lowest BCUT2D eigenvalue weighted by atomic mass is 9.87. The van der Waals surface area contributed by atoms with Crippen molar-refractivity contribution in [2.45, 2.75) is 51.0 Å². The van der Waals surface area contributed by atoms with Crippen molar-refractivity contribution in [2.75, 3.05) is 6.54 Å². The molecule has 1 N–H and O–H groups in total. The quantitative estimate of drug-likeness (QED) is 0.203. The zero-order valence-electron chi connectivity index (χ0n) is 31.0. The molecule has 0 bridgehead atoms. The largest absolute Gasteiger partial charge is 0.435 e. The number of nitriles is 1. The molecule has 0 saturated heterocycles. The highest BCUT2D eigenvalue weighted by Crippen LogP contribution is 2.37. The average molecular weight is 771 g/mol. The number of benzene rings is 2. The summed E-state index contributed by atoms with van der Waals surface area (Å²) in [6, 6.07) is 10.7. The number of carbonyl (C=O) groups excluding carboxylic acids is 2. The molecule has 7 rings (SSSR count). The Labute approximate surface area is 318 Å². The van der Waals surface area contributed by atoms with Crippen LogP contribution in [0.15, 0.2) is 72.0 Å².